The van der Waals surface area contributed by atoms with E-state index in [0.717, 1.165) is 11.1 Å². The van der Waals surface area contributed by atoms with Crippen LogP contribution in [-0.4, -0.2) is 36.3 Å². The molecule has 2 aliphatic rings. The molecule has 3 heterocycles. The Bertz CT molecular complexity index is 1040. The molecule has 1 unspecified atom stereocenters. The van der Waals surface area contributed by atoms with Gasteiger partial charge in [-0.15, -0.1) is 27.2 Å². The van der Waals surface area contributed by atoms with Gasteiger partial charge in [-0.05, 0) is 33.3 Å². The van der Waals surface area contributed by atoms with Crippen LogP contribution in [0.3, 0.4) is 0 Å². The number of nitrogens with two attached hydrogens (primary N) is 1. The summed E-state index contributed by atoms with van der Waals surface area (Å²) in [5, 5.41) is 3.32. The number of nitrogens with zero attached hydrogens (tertiary/aromatic N) is 3. The molecule has 1 aromatic heterocycles. The first-order chi connectivity index (χ1) is 14.0. The Morgan fingerprint density at radius 3 is 2.62 bits per heavy atom. The van der Waals surface area contributed by atoms with Gasteiger partial charge in [-0.25, -0.2) is 9.97 Å². The Hall–Kier alpha value is -2.80. The van der Waals surface area contributed by atoms with Crippen molar-refractivity contribution in [1.29, 1.82) is 0 Å². The van der Waals surface area contributed by atoms with Gasteiger partial charge < -0.3 is 11.1 Å². The van der Waals surface area contributed by atoms with E-state index in [-0.39, 0.29) is 32.7 Å². The molecule has 29 heavy (non-hydrogen) atoms. The molecule has 0 saturated heterocycles. The van der Waals surface area contributed by atoms with Crippen molar-refractivity contribution in [3.8, 4) is 12.3 Å². The summed E-state index contributed by atoms with van der Waals surface area (Å²) < 4.78 is 3.60. The van der Waals surface area contributed by atoms with Crippen LogP contribution in [0.1, 0.15) is 46.8 Å². The van der Waals surface area contributed by atoms with Crippen LogP contribution in [0, 0.1) is 12.3 Å². The van der Waals surface area contributed by atoms with Crippen molar-refractivity contribution in [2.24, 2.45) is 5.73 Å². The lowest BCUT2D eigenvalue weighted by Crippen LogP contribution is -2.44. The van der Waals surface area contributed by atoms with E-state index in [4.69, 9.17) is 12.2 Å². The monoisotopic (exact) mass is 501 g/mol. The van der Waals surface area contributed by atoms with E-state index >= 15 is 0 Å². The smallest absolute Gasteiger partial charge is 0.248 e. The number of primary amides is 1. The molecule has 0 radical (unpaired) electrons. The maximum Gasteiger partial charge on any atom is 0.248 e. The highest BCUT2D eigenvalue weighted by molar-refractivity contribution is 14.2. The Kier molecular flexibility index (Phi) is 5.32. The second-order valence-electron chi connectivity index (χ2n) is 7.02. The summed E-state index contributed by atoms with van der Waals surface area (Å²) in [6.07, 6.45) is 9.89. The van der Waals surface area contributed by atoms with Crippen molar-refractivity contribution < 1.29 is 9.59 Å². The molecule has 2 amide bonds. The number of fused-ring (bicyclic) bond motifs is 1. The molecule has 0 saturated carbocycles. The Morgan fingerprint density at radius 1 is 1.34 bits per heavy atom. The number of nitrogens with one attached hydrogen (secondary N) is 1. The number of benzene rings is 1. The highest BCUT2D eigenvalue weighted by Crippen LogP contribution is 2.39. The van der Waals surface area contributed by atoms with Gasteiger partial charge in [0.15, 0.2) is 0 Å². The number of amides is 2. The van der Waals surface area contributed by atoms with E-state index in [0.29, 0.717) is 29.5 Å². The van der Waals surface area contributed by atoms with Gasteiger partial charge in [0.05, 0.1) is 17.8 Å². The lowest BCUT2D eigenvalue weighted by Gasteiger charge is -2.38. The van der Waals surface area contributed by atoms with Crippen LogP contribution in [0.2, 0.25) is 0 Å². The number of rotatable bonds is 4. The summed E-state index contributed by atoms with van der Waals surface area (Å²) in [7, 11) is 0. The lowest BCUT2D eigenvalue weighted by atomic mass is 9.89. The molecule has 148 valence electrons. The highest BCUT2D eigenvalue weighted by atomic mass is 127. The molecular weight excluding hydrogens is 481 g/mol. The Labute approximate surface area is 178 Å². The second kappa shape index (κ2) is 7.91. The molecule has 0 bridgehead atoms. The van der Waals surface area contributed by atoms with Crippen LogP contribution in [0.5, 0.6) is 0 Å². The molecule has 1 aromatic carbocycles. The van der Waals surface area contributed by atoms with Crippen LogP contribution in [0.25, 0.3) is 0 Å². The first-order valence-corrected chi connectivity index (χ1v) is 11.9. The fourth-order valence-corrected chi connectivity index (χ4v) is 5.54. The largest absolute Gasteiger partial charge is 0.366 e. The van der Waals surface area contributed by atoms with E-state index in [9.17, 15) is 9.59 Å². The average molecular weight is 501 g/mol. The summed E-state index contributed by atoms with van der Waals surface area (Å²) in [6, 6.07) is 4.36. The normalized spacial score (nSPS) is 22.5. The van der Waals surface area contributed by atoms with Gasteiger partial charge in [0, 0.05) is 41.6 Å². The second-order valence-corrected chi connectivity index (χ2v) is 9.50. The molecule has 4 rings (SSSR count). The minimum Gasteiger partial charge on any atom is -0.366 e. The van der Waals surface area contributed by atoms with Crippen molar-refractivity contribution in [1.82, 2.24) is 9.97 Å². The molecule has 0 aliphatic carbocycles. The van der Waals surface area contributed by atoms with Crippen LogP contribution in [0.4, 0.5) is 11.6 Å². The summed E-state index contributed by atoms with van der Waals surface area (Å²) in [5.41, 5.74) is 8.40. The number of carbonyl (C=O) groups excluding carboxylic acids is 2. The van der Waals surface area contributed by atoms with Gasteiger partial charge in [0.25, 0.3) is 0 Å². The van der Waals surface area contributed by atoms with Crippen molar-refractivity contribution in [3.05, 3.63) is 47.3 Å². The van der Waals surface area contributed by atoms with Crippen molar-refractivity contribution >= 4 is 48.2 Å². The van der Waals surface area contributed by atoms with E-state index in [1.54, 1.807) is 23.1 Å². The van der Waals surface area contributed by atoms with Crippen LogP contribution < -0.4 is 16.0 Å². The minimum atomic E-state index is -0.528. The molecule has 7 nitrogen and oxygen atoms in total. The predicted octanol–water partition coefficient (Wildman–Crippen LogP) is 2.36. The van der Waals surface area contributed by atoms with Crippen LogP contribution in [0.15, 0.2) is 30.6 Å². The third-order valence-corrected chi connectivity index (χ3v) is 7.98. The SMILES string of the molecule is C#C[C@H]1C[C@@H](Nc2ncc(C3C=IC3)cn2)c2cc(C(N)=O)ccc2N1C(C)=O. The van der Waals surface area contributed by atoms with Gasteiger partial charge in [-0.2, -0.15) is 0 Å². The maximum absolute atomic E-state index is 12.2. The summed E-state index contributed by atoms with van der Waals surface area (Å²) in [6.45, 7) is 1.48. The molecule has 0 spiro atoms. The quantitative estimate of drug-likeness (QED) is 0.381. The molecule has 3 atom stereocenters. The number of hydrogen-bond donors (Lipinski definition) is 2. The number of anilines is 2. The van der Waals surface area contributed by atoms with E-state index in [1.807, 2.05) is 12.4 Å². The zero-order valence-corrected chi connectivity index (χ0v) is 18.0. The molecular formula is C21H20IN5O2. The standard InChI is InChI=1S/C21H20IN5O2/c1-3-16-7-18(26-21-24-10-15(11-25-21)14-8-22-9-14)17-6-13(20(23)29)4-5-19(17)27(16)12(2)28/h1,4-6,8,10-11,14,16,18H,7,9H2,2H3,(H2,23,29)(H,24,25,26)/t14?,16-,18+/m0/s1. The van der Waals surface area contributed by atoms with Gasteiger partial charge in [-0.1, -0.05) is 5.92 Å². The van der Waals surface area contributed by atoms with Gasteiger partial charge in [0.2, 0.25) is 17.8 Å². The Morgan fingerprint density at radius 2 is 2.07 bits per heavy atom. The number of aromatic nitrogens is 2. The highest BCUT2D eigenvalue weighted by Gasteiger charge is 2.34. The van der Waals surface area contributed by atoms with Crippen molar-refractivity contribution in [3.63, 3.8) is 0 Å². The van der Waals surface area contributed by atoms with Crippen molar-refractivity contribution in [2.75, 3.05) is 14.6 Å². The van der Waals surface area contributed by atoms with Gasteiger partial charge in [0.1, 0.15) is 0 Å². The Balaban J connectivity index is 1.68. The van der Waals surface area contributed by atoms with E-state index in [2.05, 4.69) is 25.2 Å². The molecule has 0 fully saturated rings. The summed E-state index contributed by atoms with van der Waals surface area (Å²) in [4.78, 5) is 34.4. The predicted molar refractivity (Wildman–Crippen MR) is 121 cm³/mol. The third-order valence-electron chi connectivity index (χ3n) is 5.15. The van der Waals surface area contributed by atoms with Crippen LogP contribution in [-0.2, 0) is 4.79 Å². The van der Waals surface area contributed by atoms with Gasteiger partial charge in [-0.3, -0.25) is 14.5 Å². The lowest BCUT2D eigenvalue weighted by molar-refractivity contribution is -0.116. The first-order valence-electron chi connectivity index (χ1n) is 9.17. The molecule has 8 heteroatoms. The molecule has 2 aliphatic heterocycles. The van der Waals surface area contributed by atoms with E-state index in [1.165, 1.54) is 11.4 Å². The molecule has 2 aromatic rings. The zero-order chi connectivity index (χ0) is 20.5. The maximum atomic E-state index is 12.2. The summed E-state index contributed by atoms with van der Waals surface area (Å²) >= 11 is 0.262. The van der Waals surface area contributed by atoms with Gasteiger partial charge >= 0.3 is 0 Å². The number of halogens is 1. The number of terminal acetylenes is 1. The number of alkyl halides is 1. The topological polar surface area (TPSA) is 101 Å². The number of hydrogen-bond acceptors (Lipinski definition) is 5. The minimum absolute atomic E-state index is 0.153. The van der Waals surface area contributed by atoms with Crippen molar-refractivity contribution in [2.45, 2.75) is 31.3 Å². The third kappa shape index (κ3) is 3.74. The molecule has 3 N–H and O–H groups in total. The fraction of sp³-hybridized carbons (Fsp3) is 0.286. The van der Waals surface area contributed by atoms with E-state index < -0.39 is 11.9 Å². The fourth-order valence-electron chi connectivity index (χ4n) is 3.60. The number of carbonyl (C=O) groups is 2. The first kappa shape index (κ1) is 19.5. The average Bonchev–Trinajstić information content (AvgIpc) is 2.67. The summed E-state index contributed by atoms with van der Waals surface area (Å²) in [5.74, 6) is 2.99. The zero-order valence-electron chi connectivity index (χ0n) is 15.8. The van der Waals surface area contributed by atoms with Crippen LogP contribution >= 0.6 is 20.7 Å².